The van der Waals surface area contributed by atoms with Gasteiger partial charge in [-0.3, -0.25) is 9.69 Å². The number of nitrogens with zero attached hydrogens (tertiary/aromatic N) is 4. The number of likely N-dealkylation sites (tertiary alicyclic amines) is 2. The molecule has 7 nitrogen and oxygen atoms in total. The van der Waals surface area contributed by atoms with Crippen molar-refractivity contribution < 1.29 is 27.9 Å². The molecule has 1 atom stereocenters. The standard InChI is InChI=1S/C15H22N4OS.C2HF3O2/c20-14-4-6-15(19(14)8-12-2-3-12)5-1-7-18(11-15)9-13-10-21-17-16-13;3-2(4,5)1(6)7/h10,12H,1-9,11H2;(H,6,7). The molecule has 3 heterocycles. The van der Waals surface area contributed by atoms with Crippen molar-refractivity contribution >= 4 is 23.4 Å². The fourth-order valence-corrected chi connectivity index (χ4v) is 4.42. The smallest absolute Gasteiger partial charge is 0.475 e. The minimum absolute atomic E-state index is 0.112. The maximum atomic E-state index is 12.3. The molecule has 1 aromatic heterocycles. The normalized spacial score (nSPS) is 25.7. The summed E-state index contributed by atoms with van der Waals surface area (Å²) < 4.78 is 35.7. The van der Waals surface area contributed by atoms with Crippen LogP contribution >= 0.6 is 11.5 Å². The maximum Gasteiger partial charge on any atom is 0.490 e. The molecule has 11 heteroatoms. The molecule has 3 aliphatic rings. The van der Waals surface area contributed by atoms with E-state index in [2.05, 4.69) is 19.4 Å². The van der Waals surface area contributed by atoms with Crippen LogP contribution in [-0.4, -0.2) is 67.7 Å². The third-order valence-electron chi connectivity index (χ3n) is 5.48. The molecular formula is C17H23F3N4O3S. The summed E-state index contributed by atoms with van der Waals surface area (Å²) in [6, 6.07) is 0. The van der Waals surface area contributed by atoms with Gasteiger partial charge in [0.25, 0.3) is 0 Å². The number of piperidine rings is 1. The van der Waals surface area contributed by atoms with Crippen LogP contribution in [0.1, 0.15) is 44.2 Å². The molecule has 2 aliphatic heterocycles. The van der Waals surface area contributed by atoms with E-state index in [-0.39, 0.29) is 5.54 Å². The van der Waals surface area contributed by atoms with Crippen LogP contribution in [0.4, 0.5) is 13.2 Å². The highest BCUT2D eigenvalue weighted by Gasteiger charge is 2.48. The first kappa shape index (κ1) is 21.0. The number of carboxylic acid groups (broad SMARTS) is 1. The fraction of sp³-hybridized carbons (Fsp3) is 0.765. The molecule has 4 rings (SSSR count). The summed E-state index contributed by atoms with van der Waals surface area (Å²) in [4.78, 5) is 25.9. The lowest BCUT2D eigenvalue weighted by atomic mass is 9.86. The molecule has 28 heavy (non-hydrogen) atoms. The zero-order chi connectivity index (χ0) is 20.4. The Morgan fingerprint density at radius 3 is 2.64 bits per heavy atom. The highest BCUT2D eigenvalue weighted by Crippen LogP contribution is 2.41. The van der Waals surface area contributed by atoms with E-state index in [4.69, 9.17) is 9.90 Å². The number of rotatable bonds is 4. The molecule has 1 aliphatic carbocycles. The third-order valence-corrected chi connectivity index (χ3v) is 6.04. The van der Waals surface area contributed by atoms with Gasteiger partial charge in [-0.2, -0.15) is 13.2 Å². The fourth-order valence-electron chi connectivity index (χ4n) is 3.98. The largest absolute Gasteiger partial charge is 0.490 e. The predicted molar refractivity (Wildman–Crippen MR) is 94.5 cm³/mol. The van der Waals surface area contributed by atoms with E-state index in [0.29, 0.717) is 5.91 Å². The summed E-state index contributed by atoms with van der Waals surface area (Å²) in [6.07, 6.45) is 1.70. The monoisotopic (exact) mass is 420 g/mol. The number of halogens is 3. The first-order valence-corrected chi connectivity index (χ1v) is 10.1. The van der Waals surface area contributed by atoms with Gasteiger partial charge in [-0.1, -0.05) is 4.49 Å². The molecule has 0 aromatic carbocycles. The van der Waals surface area contributed by atoms with E-state index >= 15 is 0 Å². The maximum absolute atomic E-state index is 12.3. The van der Waals surface area contributed by atoms with Crippen LogP contribution in [0.2, 0.25) is 0 Å². The number of amides is 1. The van der Waals surface area contributed by atoms with E-state index in [1.165, 1.54) is 37.2 Å². The minimum atomic E-state index is -5.08. The van der Waals surface area contributed by atoms with Gasteiger partial charge < -0.3 is 10.0 Å². The highest BCUT2D eigenvalue weighted by molar-refractivity contribution is 7.03. The van der Waals surface area contributed by atoms with Crippen LogP contribution in [-0.2, 0) is 16.1 Å². The SMILES string of the molecule is O=C(O)C(F)(F)F.O=C1CCC2(CCCN(Cc3csnn3)C2)N1CC1CC1. The molecule has 1 spiro atoms. The van der Waals surface area contributed by atoms with E-state index in [1.807, 2.05) is 5.38 Å². The van der Waals surface area contributed by atoms with Crippen LogP contribution in [0.3, 0.4) is 0 Å². The Morgan fingerprint density at radius 1 is 1.36 bits per heavy atom. The number of hydrogen-bond acceptors (Lipinski definition) is 6. The Bertz CT molecular complexity index is 696. The molecule has 3 fully saturated rings. The number of carboxylic acids is 1. The summed E-state index contributed by atoms with van der Waals surface area (Å²) in [5.41, 5.74) is 1.18. The first-order chi connectivity index (χ1) is 13.2. The number of hydrogen-bond donors (Lipinski definition) is 1. The topological polar surface area (TPSA) is 86.6 Å². The molecule has 1 amide bonds. The Morgan fingerprint density at radius 2 is 2.07 bits per heavy atom. The molecule has 156 valence electrons. The van der Waals surface area contributed by atoms with Crippen LogP contribution < -0.4 is 0 Å². The number of aliphatic carboxylic acids is 1. The summed E-state index contributed by atoms with van der Waals surface area (Å²) >= 11 is 1.42. The molecule has 2 saturated heterocycles. The van der Waals surface area contributed by atoms with Gasteiger partial charge >= 0.3 is 12.1 Å². The Hall–Kier alpha value is -1.75. The molecule has 0 bridgehead atoms. The second-order valence-corrected chi connectivity index (χ2v) is 8.30. The van der Waals surface area contributed by atoms with Gasteiger partial charge in [0.1, 0.15) is 0 Å². The number of carbonyl (C=O) groups excluding carboxylic acids is 1. The van der Waals surface area contributed by atoms with Crippen molar-refractivity contribution in [2.75, 3.05) is 19.6 Å². The zero-order valence-electron chi connectivity index (χ0n) is 15.3. The summed E-state index contributed by atoms with van der Waals surface area (Å²) in [5, 5.41) is 13.3. The van der Waals surface area contributed by atoms with Crippen molar-refractivity contribution in [3.8, 4) is 0 Å². The van der Waals surface area contributed by atoms with Gasteiger partial charge in [0.15, 0.2) is 0 Å². The molecular weight excluding hydrogens is 397 g/mol. The average molecular weight is 420 g/mol. The van der Waals surface area contributed by atoms with Gasteiger partial charge in [0.2, 0.25) is 5.91 Å². The molecule has 1 saturated carbocycles. The number of alkyl halides is 3. The summed E-state index contributed by atoms with van der Waals surface area (Å²) in [7, 11) is 0. The van der Waals surface area contributed by atoms with Crippen molar-refractivity contribution in [2.24, 2.45) is 5.92 Å². The van der Waals surface area contributed by atoms with E-state index in [9.17, 15) is 18.0 Å². The van der Waals surface area contributed by atoms with Crippen molar-refractivity contribution in [3.05, 3.63) is 11.1 Å². The average Bonchev–Trinajstić information content (AvgIpc) is 3.23. The van der Waals surface area contributed by atoms with Crippen LogP contribution in [0.25, 0.3) is 0 Å². The second kappa shape index (κ2) is 8.32. The van der Waals surface area contributed by atoms with Crippen LogP contribution in [0.5, 0.6) is 0 Å². The molecule has 0 radical (unpaired) electrons. The van der Waals surface area contributed by atoms with Crippen molar-refractivity contribution in [1.82, 2.24) is 19.4 Å². The van der Waals surface area contributed by atoms with E-state index in [0.717, 1.165) is 50.6 Å². The van der Waals surface area contributed by atoms with Crippen LogP contribution in [0.15, 0.2) is 5.38 Å². The lowest BCUT2D eigenvalue weighted by molar-refractivity contribution is -0.192. The summed E-state index contributed by atoms with van der Waals surface area (Å²) in [5.74, 6) is -1.59. The Balaban J connectivity index is 0.000000279. The lowest BCUT2D eigenvalue weighted by Gasteiger charge is -2.46. The van der Waals surface area contributed by atoms with Crippen molar-refractivity contribution in [3.63, 3.8) is 0 Å². The van der Waals surface area contributed by atoms with E-state index in [1.54, 1.807) is 0 Å². The van der Waals surface area contributed by atoms with Crippen molar-refractivity contribution in [2.45, 2.75) is 56.8 Å². The molecule has 1 N–H and O–H groups in total. The molecule has 1 aromatic rings. The number of carbonyl (C=O) groups is 2. The number of aromatic nitrogens is 2. The lowest BCUT2D eigenvalue weighted by Crippen LogP contribution is -2.56. The Labute approximate surface area is 164 Å². The quantitative estimate of drug-likeness (QED) is 0.806. The summed E-state index contributed by atoms with van der Waals surface area (Å²) in [6.45, 7) is 4.02. The third kappa shape index (κ3) is 5.19. The van der Waals surface area contributed by atoms with E-state index < -0.39 is 12.1 Å². The van der Waals surface area contributed by atoms with Gasteiger partial charge in [-0.25, -0.2) is 4.79 Å². The Kier molecular flexibility index (Phi) is 6.23. The van der Waals surface area contributed by atoms with Crippen LogP contribution in [0, 0.1) is 5.92 Å². The zero-order valence-corrected chi connectivity index (χ0v) is 16.1. The molecule has 1 unspecified atom stereocenters. The minimum Gasteiger partial charge on any atom is -0.475 e. The van der Waals surface area contributed by atoms with Gasteiger partial charge in [-0.05, 0) is 56.1 Å². The van der Waals surface area contributed by atoms with Gasteiger partial charge in [0.05, 0.1) is 11.2 Å². The van der Waals surface area contributed by atoms with Gasteiger partial charge in [-0.15, -0.1) is 5.10 Å². The van der Waals surface area contributed by atoms with Crippen molar-refractivity contribution in [1.29, 1.82) is 0 Å². The predicted octanol–water partition coefficient (Wildman–Crippen LogP) is 2.54. The first-order valence-electron chi connectivity index (χ1n) is 9.28. The highest BCUT2D eigenvalue weighted by atomic mass is 32.1. The van der Waals surface area contributed by atoms with Gasteiger partial charge in [0, 0.05) is 31.4 Å². The second-order valence-electron chi connectivity index (χ2n) is 7.69.